The van der Waals surface area contributed by atoms with Crippen molar-refractivity contribution >= 4 is 28.8 Å². The lowest BCUT2D eigenvalue weighted by atomic mass is 9.89. The summed E-state index contributed by atoms with van der Waals surface area (Å²) < 4.78 is 6.07. The Balaban J connectivity index is 1.80. The molecule has 1 aliphatic carbocycles. The topological polar surface area (TPSA) is 62.7 Å². The van der Waals surface area contributed by atoms with E-state index in [9.17, 15) is 9.90 Å². The number of hydrogen-bond acceptors (Lipinski definition) is 5. The lowest BCUT2D eigenvalue weighted by Crippen LogP contribution is -2.42. The molecule has 5 nitrogen and oxygen atoms in total. The van der Waals surface area contributed by atoms with Crippen molar-refractivity contribution in [2.45, 2.75) is 85.1 Å². The van der Waals surface area contributed by atoms with Crippen LogP contribution < -0.4 is 4.74 Å². The number of carbonyl (C=O) groups excluding carboxylic acids is 1. The predicted octanol–water partition coefficient (Wildman–Crippen LogP) is 5.97. The van der Waals surface area contributed by atoms with Gasteiger partial charge in [-0.2, -0.15) is 0 Å². The van der Waals surface area contributed by atoms with Crippen molar-refractivity contribution in [3.63, 3.8) is 0 Å². The van der Waals surface area contributed by atoms with Gasteiger partial charge in [0.05, 0.1) is 12.3 Å². The highest BCUT2D eigenvalue weighted by Crippen LogP contribution is 2.31. The van der Waals surface area contributed by atoms with E-state index in [2.05, 4.69) is 30.7 Å². The van der Waals surface area contributed by atoms with E-state index in [-0.39, 0.29) is 24.0 Å². The fourth-order valence-electron chi connectivity index (χ4n) is 3.99. The fourth-order valence-corrected chi connectivity index (χ4v) is 4.88. The third kappa shape index (κ3) is 7.19. The molecule has 1 saturated carbocycles. The van der Waals surface area contributed by atoms with E-state index in [1.165, 1.54) is 30.6 Å². The summed E-state index contributed by atoms with van der Waals surface area (Å²) in [5.41, 5.74) is 1.50. The maximum atomic E-state index is 13.3. The summed E-state index contributed by atoms with van der Waals surface area (Å²) in [6, 6.07) is 5.84. The minimum Gasteiger partial charge on any atom is -0.486 e. The minimum atomic E-state index is -0.0745. The summed E-state index contributed by atoms with van der Waals surface area (Å²) in [6.45, 7) is 7.05. The van der Waals surface area contributed by atoms with Crippen LogP contribution in [-0.4, -0.2) is 26.9 Å². The summed E-state index contributed by atoms with van der Waals surface area (Å²) in [6.07, 6.45) is 6.20. The molecule has 0 saturated heterocycles. The molecule has 1 aliphatic rings. The van der Waals surface area contributed by atoms with Gasteiger partial charge in [0.1, 0.15) is 17.4 Å². The van der Waals surface area contributed by atoms with Gasteiger partial charge in [0.15, 0.2) is 0 Å². The van der Waals surface area contributed by atoms with Gasteiger partial charge in [-0.3, -0.25) is 4.79 Å². The number of aliphatic hydroxyl groups excluding tert-OH is 1. The molecule has 1 aromatic heterocycles. The van der Waals surface area contributed by atoms with Crippen LogP contribution in [-0.2, 0) is 24.6 Å². The second-order valence-corrected chi connectivity index (χ2v) is 10.9. The molecule has 170 valence electrons. The van der Waals surface area contributed by atoms with Crippen molar-refractivity contribution in [1.82, 2.24) is 9.88 Å². The van der Waals surface area contributed by atoms with E-state index in [1.54, 1.807) is 0 Å². The van der Waals surface area contributed by atoms with Crippen molar-refractivity contribution in [2.24, 2.45) is 5.41 Å². The Morgan fingerprint density at radius 3 is 2.68 bits per heavy atom. The molecule has 0 bridgehead atoms. The van der Waals surface area contributed by atoms with Gasteiger partial charge in [-0.1, -0.05) is 51.6 Å². The maximum Gasteiger partial charge on any atom is 0.223 e. The molecule has 3 rings (SSSR count). The quantitative estimate of drug-likeness (QED) is 0.523. The van der Waals surface area contributed by atoms with Crippen LogP contribution in [0.25, 0.3) is 0 Å². The first-order valence-corrected chi connectivity index (χ1v) is 12.3. The Morgan fingerprint density at radius 1 is 1.29 bits per heavy atom. The summed E-state index contributed by atoms with van der Waals surface area (Å²) >= 11 is 7.78. The number of hydrogen-bond donors (Lipinski definition) is 1. The Labute approximate surface area is 194 Å². The number of benzene rings is 1. The molecule has 0 atom stereocenters. The number of halogens is 1. The number of rotatable bonds is 8. The molecule has 1 amide bonds. The second kappa shape index (κ2) is 10.8. The van der Waals surface area contributed by atoms with Crippen LogP contribution in [0.5, 0.6) is 5.75 Å². The van der Waals surface area contributed by atoms with Crippen LogP contribution in [0.1, 0.15) is 75.6 Å². The van der Waals surface area contributed by atoms with Gasteiger partial charge in [-0.05, 0) is 36.5 Å². The highest BCUT2D eigenvalue weighted by Gasteiger charge is 2.29. The van der Waals surface area contributed by atoms with E-state index in [0.717, 1.165) is 29.2 Å². The molecular weight excluding hydrogens is 432 g/mol. The SMILES string of the molecule is CC(C)(C)CC(=O)N(Cc1cc(Cl)ccc1OCc1nc(CO)cs1)C1CCCCC1. The van der Waals surface area contributed by atoms with Crippen LogP contribution in [0.15, 0.2) is 23.6 Å². The fraction of sp³-hybridized carbons (Fsp3) is 0.583. The van der Waals surface area contributed by atoms with Crippen LogP contribution in [0.3, 0.4) is 0 Å². The van der Waals surface area contributed by atoms with E-state index in [0.29, 0.717) is 30.3 Å². The van der Waals surface area contributed by atoms with Crippen LogP contribution in [0.2, 0.25) is 5.02 Å². The normalized spacial score (nSPS) is 15.1. The molecule has 0 spiro atoms. The number of aromatic nitrogens is 1. The average molecular weight is 465 g/mol. The van der Waals surface area contributed by atoms with Crippen molar-refractivity contribution in [2.75, 3.05) is 0 Å². The van der Waals surface area contributed by atoms with Crippen molar-refractivity contribution in [3.05, 3.63) is 44.9 Å². The lowest BCUT2D eigenvalue weighted by Gasteiger charge is -2.36. The predicted molar refractivity (Wildman–Crippen MR) is 125 cm³/mol. The Morgan fingerprint density at radius 2 is 2.03 bits per heavy atom. The molecule has 1 aromatic carbocycles. The zero-order valence-electron chi connectivity index (χ0n) is 18.7. The van der Waals surface area contributed by atoms with E-state index in [1.807, 2.05) is 23.6 Å². The minimum absolute atomic E-state index is 0.0626. The first-order chi connectivity index (χ1) is 14.7. The molecule has 2 aromatic rings. The Kier molecular flexibility index (Phi) is 8.36. The number of nitrogens with zero attached hydrogens (tertiary/aromatic N) is 2. The molecule has 0 radical (unpaired) electrons. The third-order valence-electron chi connectivity index (χ3n) is 5.49. The summed E-state index contributed by atoms with van der Waals surface area (Å²) in [5.74, 6) is 0.910. The molecular formula is C24H33ClN2O3S. The molecule has 1 fully saturated rings. The smallest absolute Gasteiger partial charge is 0.223 e. The Bertz CT molecular complexity index is 872. The molecule has 0 unspecified atom stereocenters. The molecule has 31 heavy (non-hydrogen) atoms. The second-order valence-electron chi connectivity index (χ2n) is 9.48. The number of amides is 1. The van der Waals surface area contributed by atoms with Gasteiger partial charge in [-0.25, -0.2) is 4.98 Å². The van der Waals surface area contributed by atoms with Crippen LogP contribution in [0, 0.1) is 5.41 Å². The molecule has 1 N–H and O–H groups in total. The largest absolute Gasteiger partial charge is 0.486 e. The van der Waals surface area contributed by atoms with Crippen molar-refractivity contribution in [3.8, 4) is 5.75 Å². The summed E-state index contributed by atoms with van der Waals surface area (Å²) in [4.78, 5) is 19.7. The molecule has 1 heterocycles. The number of aliphatic hydroxyl groups is 1. The van der Waals surface area contributed by atoms with Crippen LogP contribution >= 0.6 is 22.9 Å². The standard InChI is InChI=1S/C24H33ClN2O3S/c1-24(2,3)12-23(29)27(20-7-5-4-6-8-20)13-17-11-18(25)9-10-21(17)30-15-22-26-19(14-28)16-31-22/h9-11,16,20,28H,4-8,12-15H2,1-3H3. The Hall–Kier alpha value is -1.63. The first kappa shape index (κ1) is 24.0. The average Bonchev–Trinajstić information content (AvgIpc) is 3.19. The number of ether oxygens (including phenoxy) is 1. The van der Waals surface area contributed by atoms with Gasteiger partial charge in [-0.15, -0.1) is 11.3 Å². The van der Waals surface area contributed by atoms with Crippen LogP contribution in [0.4, 0.5) is 0 Å². The van der Waals surface area contributed by atoms with E-state index < -0.39 is 0 Å². The van der Waals surface area contributed by atoms with Crippen molar-refractivity contribution < 1.29 is 14.6 Å². The van der Waals surface area contributed by atoms with Gasteiger partial charge in [0, 0.05) is 35.0 Å². The van der Waals surface area contributed by atoms with Gasteiger partial charge < -0.3 is 14.7 Å². The highest BCUT2D eigenvalue weighted by atomic mass is 35.5. The van der Waals surface area contributed by atoms with Gasteiger partial charge in [0.25, 0.3) is 0 Å². The van der Waals surface area contributed by atoms with E-state index in [4.69, 9.17) is 16.3 Å². The molecule has 0 aliphatic heterocycles. The van der Waals surface area contributed by atoms with Crippen molar-refractivity contribution in [1.29, 1.82) is 0 Å². The monoisotopic (exact) mass is 464 g/mol. The zero-order chi connectivity index (χ0) is 22.4. The van der Waals surface area contributed by atoms with Gasteiger partial charge in [0.2, 0.25) is 5.91 Å². The first-order valence-electron chi connectivity index (χ1n) is 11.0. The summed E-state index contributed by atoms with van der Waals surface area (Å²) in [5, 5.41) is 12.5. The third-order valence-corrected chi connectivity index (χ3v) is 6.60. The number of carbonyl (C=O) groups is 1. The summed E-state index contributed by atoms with van der Waals surface area (Å²) in [7, 11) is 0. The highest BCUT2D eigenvalue weighted by molar-refractivity contribution is 7.09. The van der Waals surface area contributed by atoms with Gasteiger partial charge >= 0.3 is 0 Å². The van der Waals surface area contributed by atoms with E-state index >= 15 is 0 Å². The maximum absolute atomic E-state index is 13.3. The molecule has 7 heteroatoms. The number of thiazole rings is 1. The lowest BCUT2D eigenvalue weighted by molar-refractivity contribution is -0.136. The zero-order valence-corrected chi connectivity index (χ0v) is 20.3.